The molecule has 2 aliphatic rings. The van der Waals surface area contributed by atoms with Gasteiger partial charge >= 0.3 is 0 Å². The van der Waals surface area contributed by atoms with E-state index in [2.05, 4.69) is 23.2 Å². The molecule has 0 spiro atoms. The van der Waals surface area contributed by atoms with Crippen molar-refractivity contribution in [3.63, 3.8) is 0 Å². The maximum Gasteiger partial charge on any atom is 0.0594 e. The molecule has 1 saturated heterocycles. The van der Waals surface area contributed by atoms with Crippen LogP contribution in [0.4, 0.5) is 0 Å². The highest BCUT2D eigenvalue weighted by molar-refractivity contribution is 7.12. The molecule has 1 fully saturated rings. The summed E-state index contributed by atoms with van der Waals surface area (Å²) >= 11 is 2.01. The van der Waals surface area contributed by atoms with Crippen LogP contribution in [0, 0.1) is 0 Å². The highest BCUT2D eigenvalue weighted by Crippen LogP contribution is 2.30. The molecule has 3 rings (SSSR count). The van der Waals surface area contributed by atoms with Crippen LogP contribution in [-0.4, -0.2) is 43.8 Å². The van der Waals surface area contributed by atoms with E-state index >= 15 is 0 Å². The molecule has 19 heavy (non-hydrogen) atoms. The van der Waals surface area contributed by atoms with Crippen LogP contribution in [0.25, 0.3) is 0 Å². The summed E-state index contributed by atoms with van der Waals surface area (Å²) < 4.78 is 5.38. The van der Waals surface area contributed by atoms with Gasteiger partial charge in [-0.2, -0.15) is 0 Å². The van der Waals surface area contributed by atoms with Gasteiger partial charge in [0.1, 0.15) is 0 Å². The Balaban J connectivity index is 1.43. The first-order chi connectivity index (χ1) is 9.31. The molecule has 1 aliphatic carbocycles. The molecule has 1 N–H and O–H groups in total. The Labute approximate surface area is 119 Å². The summed E-state index contributed by atoms with van der Waals surface area (Å²) in [6, 6.07) is 2.97. The highest BCUT2D eigenvalue weighted by Gasteiger charge is 2.16. The number of hydrogen-bond acceptors (Lipinski definition) is 4. The molecule has 1 unspecified atom stereocenters. The van der Waals surface area contributed by atoms with Crippen molar-refractivity contribution in [3.8, 4) is 0 Å². The number of hydrogen-bond donors (Lipinski definition) is 1. The van der Waals surface area contributed by atoms with E-state index in [1.54, 1.807) is 10.4 Å². The minimum absolute atomic E-state index is 0.551. The summed E-state index contributed by atoms with van der Waals surface area (Å²) in [7, 11) is 0. The molecule has 106 valence electrons. The molecular formula is C15H24N2OS. The second kappa shape index (κ2) is 6.35. The van der Waals surface area contributed by atoms with E-state index in [1.807, 2.05) is 11.3 Å². The minimum atomic E-state index is 0.551. The summed E-state index contributed by atoms with van der Waals surface area (Å²) in [6.07, 6.45) is 3.97. The number of thiophene rings is 1. The van der Waals surface area contributed by atoms with Gasteiger partial charge in [0.2, 0.25) is 0 Å². The lowest BCUT2D eigenvalue weighted by Gasteiger charge is -2.29. The topological polar surface area (TPSA) is 24.5 Å². The maximum atomic E-state index is 5.38. The fourth-order valence-electron chi connectivity index (χ4n) is 2.99. The van der Waals surface area contributed by atoms with Crippen LogP contribution < -0.4 is 5.32 Å². The van der Waals surface area contributed by atoms with Crippen LogP contribution in [0.2, 0.25) is 0 Å². The number of nitrogens with one attached hydrogen (secondary N) is 1. The smallest absolute Gasteiger partial charge is 0.0594 e. The van der Waals surface area contributed by atoms with E-state index in [0.717, 1.165) is 39.4 Å². The van der Waals surface area contributed by atoms with E-state index in [0.29, 0.717) is 6.04 Å². The molecule has 2 heterocycles. The van der Waals surface area contributed by atoms with Gasteiger partial charge in [-0.05, 0) is 37.8 Å². The Morgan fingerprint density at radius 3 is 3.00 bits per heavy atom. The van der Waals surface area contributed by atoms with Crippen molar-refractivity contribution in [2.24, 2.45) is 0 Å². The number of morpholine rings is 1. The van der Waals surface area contributed by atoms with Gasteiger partial charge in [0.15, 0.2) is 0 Å². The summed E-state index contributed by atoms with van der Waals surface area (Å²) in [5, 5.41) is 3.66. The lowest BCUT2D eigenvalue weighted by Crippen LogP contribution is -2.44. The second-order valence-corrected chi connectivity index (χ2v) is 6.93. The van der Waals surface area contributed by atoms with Gasteiger partial charge in [0, 0.05) is 42.0 Å². The number of fused-ring (bicyclic) bond motifs is 1. The quantitative estimate of drug-likeness (QED) is 0.893. The van der Waals surface area contributed by atoms with Gasteiger partial charge < -0.3 is 10.1 Å². The van der Waals surface area contributed by atoms with Crippen molar-refractivity contribution in [1.29, 1.82) is 0 Å². The van der Waals surface area contributed by atoms with Gasteiger partial charge in [-0.1, -0.05) is 0 Å². The molecule has 1 aromatic rings. The minimum Gasteiger partial charge on any atom is -0.379 e. The van der Waals surface area contributed by atoms with Gasteiger partial charge in [-0.25, -0.2) is 0 Å². The largest absolute Gasteiger partial charge is 0.379 e. The standard InChI is InChI=1S/C15H24N2OS/c1-12(11-17-5-7-18-8-6-17)16-10-14-9-13-3-2-4-15(13)19-14/h9,12,16H,2-8,10-11H2,1H3. The zero-order chi connectivity index (χ0) is 13.1. The Morgan fingerprint density at radius 1 is 1.37 bits per heavy atom. The van der Waals surface area contributed by atoms with Crippen molar-refractivity contribution in [3.05, 3.63) is 21.4 Å². The van der Waals surface area contributed by atoms with E-state index in [-0.39, 0.29) is 0 Å². The van der Waals surface area contributed by atoms with Crippen molar-refractivity contribution < 1.29 is 4.74 Å². The van der Waals surface area contributed by atoms with Crippen LogP contribution in [0.1, 0.15) is 28.7 Å². The molecule has 1 aromatic heterocycles. The van der Waals surface area contributed by atoms with Gasteiger partial charge in [-0.3, -0.25) is 4.90 Å². The average molecular weight is 280 g/mol. The summed E-state index contributed by atoms with van der Waals surface area (Å²) in [6.45, 7) is 8.40. The monoisotopic (exact) mass is 280 g/mol. The molecule has 0 saturated carbocycles. The summed E-state index contributed by atoms with van der Waals surface area (Å²) in [4.78, 5) is 5.64. The van der Waals surface area contributed by atoms with Crippen molar-refractivity contribution in [2.45, 2.75) is 38.8 Å². The Bertz CT molecular complexity index is 391. The predicted molar refractivity (Wildman–Crippen MR) is 79.9 cm³/mol. The highest BCUT2D eigenvalue weighted by atomic mass is 32.1. The van der Waals surface area contributed by atoms with Gasteiger partial charge in [0.25, 0.3) is 0 Å². The molecule has 0 bridgehead atoms. The van der Waals surface area contributed by atoms with Crippen LogP contribution in [0.5, 0.6) is 0 Å². The fourth-order valence-corrected chi connectivity index (χ4v) is 4.20. The number of rotatable bonds is 5. The molecule has 0 aromatic carbocycles. The molecule has 4 heteroatoms. The van der Waals surface area contributed by atoms with Crippen LogP contribution in [-0.2, 0) is 24.1 Å². The molecule has 1 aliphatic heterocycles. The molecule has 3 nitrogen and oxygen atoms in total. The van der Waals surface area contributed by atoms with Crippen LogP contribution >= 0.6 is 11.3 Å². The SMILES string of the molecule is CC(CN1CCOCC1)NCc1cc2c(s1)CCC2. The zero-order valence-electron chi connectivity index (χ0n) is 11.8. The fraction of sp³-hybridized carbons (Fsp3) is 0.733. The average Bonchev–Trinajstić information content (AvgIpc) is 2.98. The third kappa shape index (κ3) is 3.57. The van der Waals surface area contributed by atoms with E-state index in [4.69, 9.17) is 4.74 Å². The van der Waals surface area contributed by atoms with E-state index < -0.39 is 0 Å². The van der Waals surface area contributed by atoms with Crippen molar-refractivity contribution >= 4 is 11.3 Å². The maximum absolute atomic E-state index is 5.38. The third-order valence-corrected chi connectivity index (χ3v) is 5.30. The lowest BCUT2D eigenvalue weighted by molar-refractivity contribution is 0.0343. The Kier molecular flexibility index (Phi) is 4.53. The first-order valence-corrected chi connectivity index (χ1v) is 8.27. The number of ether oxygens (including phenoxy) is 1. The Morgan fingerprint density at radius 2 is 2.21 bits per heavy atom. The van der Waals surface area contributed by atoms with Crippen LogP contribution in [0.3, 0.4) is 0 Å². The summed E-state index contributed by atoms with van der Waals surface area (Å²) in [5.41, 5.74) is 1.61. The lowest BCUT2D eigenvalue weighted by atomic mass is 10.2. The van der Waals surface area contributed by atoms with Gasteiger partial charge in [0.05, 0.1) is 13.2 Å². The normalized spacial score (nSPS) is 21.5. The first kappa shape index (κ1) is 13.6. The Hall–Kier alpha value is -0.420. The number of nitrogens with zero attached hydrogens (tertiary/aromatic N) is 1. The molecule has 0 radical (unpaired) electrons. The zero-order valence-corrected chi connectivity index (χ0v) is 12.6. The van der Waals surface area contributed by atoms with E-state index in [1.165, 1.54) is 24.1 Å². The van der Waals surface area contributed by atoms with E-state index in [9.17, 15) is 0 Å². The third-order valence-electron chi connectivity index (χ3n) is 4.06. The van der Waals surface area contributed by atoms with Gasteiger partial charge in [-0.15, -0.1) is 11.3 Å². The predicted octanol–water partition coefficient (Wildman–Crippen LogP) is 2.05. The van der Waals surface area contributed by atoms with Crippen LogP contribution in [0.15, 0.2) is 6.07 Å². The second-order valence-electron chi connectivity index (χ2n) is 5.71. The number of aryl methyl sites for hydroxylation is 2. The molecule has 0 amide bonds. The molecular weight excluding hydrogens is 256 g/mol. The van der Waals surface area contributed by atoms with Crippen molar-refractivity contribution in [2.75, 3.05) is 32.8 Å². The van der Waals surface area contributed by atoms with Crippen molar-refractivity contribution in [1.82, 2.24) is 10.2 Å². The summed E-state index contributed by atoms with van der Waals surface area (Å²) in [5.74, 6) is 0. The molecule has 1 atom stereocenters. The first-order valence-electron chi connectivity index (χ1n) is 7.45.